The molecule has 0 saturated carbocycles. The highest BCUT2D eigenvalue weighted by atomic mass is 16.4. The standard InChI is InChI=1S/C53H36O2/c54-53(55)36-25-26-39-44(27-36)50-38-24-14-13-23-37(38)49(39)51-45-28-40(32-15-5-1-6-16-32)42(34-19-9-3-10-20-34)30-47(45)52(50)48-31-43(35-21-11-4-12-22-35)41(29-46(48)51)33-17-7-2-8-18-33/h1-31,49-52H,(H,54,55). The molecular formula is C53H36O2. The van der Waals surface area contributed by atoms with Gasteiger partial charge in [0.25, 0.3) is 0 Å². The average molecular weight is 705 g/mol. The third-order valence-corrected chi connectivity index (χ3v) is 12.5. The molecule has 0 radical (unpaired) electrons. The minimum atomic E-state index is -0.891. The van der Waals surface area contributed by atoms with Crippen LogP contribution in [-0.4, -0.2) is 11.1 Å². The Bertz CT molecular complexity index is 2650. The molecule has 2 unspecified atom stereocenters. The minimum Gasteiger partial charge on any atom is -0.478 e. The smallest absolute Gasteiger partial charge is 0.335 e. The molecule has 0 spiro atoms. The second-order valence-electron chi connectivity index (χ2n) is 15.2. The lowest BCUT2D eigenvalue weighted by molar-refractivity contribution is 0.0696. The van der Waals surface area contributed by atoms with Crippen LogP contribution in [0.15, 0.2) is 188 Å². The monoisotopic (exact) mass is 704 g/mol. The first kappa shape index (κ1) is 31.7. The quantitative estimate of drug-likeness (QED) is 0.194. The van der Waals surface area contributed by atoms with Crippen molar-refractivity contribution in [2.24, 2.45) is 0 Å². The second kappa shape index (κ2) is 12.4. The van der Waals surface area contributed by atoms with Crippen molar-refractivity contribution in [1.82, 2.24) is 0 Å². The predicted molar refractivity (Wildman–Crippen MR) is 222 cm³/mol. The lowest BCUT2D eigenvalue weighted by Gasteiger charge is -2.50. The maximum Gasteiger partial charge on any atom is 0.335 e. The summed E-state index contributed by atoms with van der Waals surface area (Å²) in [6.45, 7) is 0. The van der Waals surface area contributed by atoms with Crippen LogP contribution in [0.3, 0.4) is 0 Å². The summed E-state index contributed by atoms with van der Waals surface area (Å²) < 4.78 is 0. The highest BCUT2D eigenvalue weighted by molar-refractivity contribution is 5.91. The van der Waals surface area contributed by atoms with Gasteiger partial charge in [-0.05, 0) is 125 Å². The van der Waals surface area contributed by atoms with E-state index in [1.54, 1.807) is 0 Å². The number of rotatable bonds is 5. The van der Waals surface area contributed by atoms with E-state index < -0.39 is 5.97 Å². The predicted octanol–water partition coefficient (Wildman–Crippen LogP) is 12.9. The number of carbonyl (C=O) groups is 1. The topological polar surface area (TPSA) is 37.3 Å². The number of hydrogen-bond acceptors (Lipinski definition) is 1. The lowest BCUT2D eigenvalue weighted by atomic mass is 9.52. The van der Waals surface area contributed by atoms with Gasteiger partial charge in [-0.15, -0.1) is 0 Å². The fourth-order valence-corrected chi connectivity index (χ4v) is 10.2. The van der Waals surface area contributed by atoms with Crippen LogP contribution in [0, 0.1) is 0 Å². The summed E-state index contributed by atoms with van der Waals surface area (Å²) in [5.74, 6) is -1.07. The molecule has 0 amide bonds. The van der Waals surface area contributed by atoms with Crippen LogP contribution in [0.5, 0.6) is 0 Å². The van der Waals surface area contributed by atoms with Gasteiger partial charge in [0, 0.05) is 23.7 Å². The Hall–Kier alpha value is -6.77. The number of carboxylic acid groups (broad SMARTS) is 1. The highest BCUT2D eigenvalue weighted by Crippen LogP contribution is 2.65. The van der Waals surface area contributed by atoms with Crippen molar-refractivity contribution in [3.63, 3.8) is 0 Å². The van der Waals surface area contributed by atoms with E-state index in [9.17, 15) is 9.90 Å². The van der Waals surface area contributed by atoms with Gasteiger partial charge in [-0.3, -0.25) is 0 Å². The largest absolute Gasteiger partial charge is 0.478 e. The summed E-state index contributed by atoms with van der Waals surface area (Å²) in [5.41, 5.74) is 20.4. The first-order valence-electron chi connectivity index (χ1n) is 19.2. The number of carboxylic acids is 1. The molecule has 0 saturated heterocycles. The maximum atomic E-state index is 12.6. The molecule has 2 nitrogen and oxygen atoms in total. The molecule has 0 heterocycles. The van der Waals surface area contributed by atoms with Crippen LogP contribution in [0.2, 0.25) is 0 Å². The molecule has 260 valence electrons. The van der Waals surface area contributed by atoms with Crippen LogP contribution in [0.25, 0.3) is 44.5 Å². The van der Waals surface area contributed by atoms with Crippen molar-refractivity contribution in [2.45, 2.75) is 23.7 Å². The summed E-state index contributed by atoms with van der Waals surface area (Å²) in [7, 11) is 0. The molecule has 4 bridgehead atoms. The molecule has 6 aliphatic rings. The molecule has 2 heteroatoms. The van der Waals surface area contributed by atoms with Gasteiger partial charge in [0.2, 0.25) is 0 Å². The maximum absolute atomic E-state index is 12.6. The van der Waals surface area contributed by atoms with E-state index in [0.717, 1.165) is 5.56 Å². The van der Waals surface area contributed by atoms with E-state index in [2.05, 4.69) is 176 Å². The van der Waals surface area contributed by atoms with Crippen LogP contribution in [0.4, 0.5) is 0 Å². The lowest BCUT2D eigenvalue weighted by Crippen LogP contribution is -2.36. The van der Waals surface area contributed by atoms with E-state index in [1.807, 2.05) is 12.1 Å². The Morgan fingerprint density at radius 1 is 0.309 bits per heavy atom. The Morgan fingerprint density at radius 3 is 0.927 bits per heavy atom. The molecule has 14 rings (SSSR count). The average Bonchev–Trinajstić information content (AvgIpc) is 3.24. The molecule has 2 atom stereocenters. The first-order valence-corrected chi connectivity index (χ1v) is 19.2. The fraction of sp³-hybridized carbons (Fsp3) is 0.0755. The van der Waals surface area contributed by atoms with Crippen molar-refractivity contribution in [3.8, 4) is 44.5 Å². The van der Waals surface area contributed by atoms with Crippen molar-refractivity contribution < 1.29 is 9.90 Å². The summed E-state index contributed by atoms with van der Waals surface area (Å²) in [6.07, 6.45) is 0. The van der Waals surface area contributed by atoms with Gasteiger partial charge in [0.1, 0.15) is 0 Å². The normalized spacial score (nSPS) is 18.3. The summed E-state index contributed by atoms with van der Waals surface area (Å²) >= 11 is 0. The zero-order valence-electron chi connectivity index (χ0n) is 30.1. The van der Waals surface area contributed by atoms with Gasteiger partial charge in [0.05, 0.1) is 5.56 Å². The Morgan fingerprint density at radius 2 is 0.582 bits per heavy atom. The van der Waals surface area contributed by atoms with Crippen molar-refractivity contribution in [3.05, 3.63) is 238 Å². The molecule has 1 N–H and O–H groups in total. The SMILES string of the molecule is O=C(O)c1ccc2c(c1)C1c3ccccc3C2C2c3cc(-c4ccccc4)c(-c4ccccc4)cc3C1c1cc(-c3ccccc3)c(-c3ccccc3)cc12. The van der Waals surface area contributed by atoms with Gasteiger partial charge >= 0.3 is 5.97 Å². The molecule has 0 fully saturated rings. The zero-order chi connectivity index (χ0) is 36.6. The van der Waals surface area contributed by atoms with Gasteiger partial charge in [0.15, 0.2) is 0 Å². The molecule has 55 heavy (non-hydrogen) atoms. The van der Waals surface area contributed by atoms with Crippen molar-refractivity contribution in [2.75, 3.05) is 0 Å². The number of hydrogen-bond donors (Lipinski definition) is 1. The van der Waals surface area contributed by atoms with Crippen LogP contribution in [0.1, 0.15) is 78.5 Å². The van der Waals surface area contributed by atoms with Gasteiger partial charge in [-0.1, -0.05) is 152 Å². The molecule has 6 aliphatic carbocycles. The van der Waals surface area contributed by atoms with Gasteiger partial charge < -0.3 is 5.11 Å². The number of benzene rings is 8. The molecule has 0 aliphatic heterocycles. The third kappa shape index (κ3) is 4.84. The highest BCUT2D eigenvalue weighted by Gasteiger charge is 2.50. The Labute approximate surface area is 321 Å². The van der Waals surface area contributed by atoms with E-state index in [1.165, 1.54) is 83.5 Å². The van der Waals surface area contributed by atoms with Crippen molar-refractivity contribution in [1.29, 1.82) is 0 Å². The van der Waals surface area contributed by atoms with E-state index in [4.69, 9.17) is 0 Å². The Balaban J connectivity index is 1.29. The van der Waals surface area contributed by atoms with Crippen molar-refractivity contribution >= 4 is 5.97 Å². The fourth-order valence-electron chi connectivity index (χ4n) is 10.2. The summed E-state index contributed by atoms with van der Waals surface area (Å²) in [4.78, 5) is 12.6. The van der Waals surface area contributed by atoms with Crippen LogP contribution >= 0.6 is 0 Å². The first-order chi connectivity index (χ1) is 27.1. The van der Waals surface area contributed by atoms with Crippen LogP contribution < -0.4 is 0 Å². The van der Waals surface area contributed by atoms with E-state index >= 15 is 0 Å². The Kier molecular flexibility index (Phi) is 7.15. The molecule has 8 aromatic carbocycles. The number of aromatic carboxylic acids is 1. The van der Waals surface area contributed by atoms with Crippen LogP contribution in [-0.2, 0) is 0 Å². The zero-order valence-corrected chi connectivity index (χ0v) is 30.1. The van der Waals surface area contributed by atoms with Gasteiger partial charge in [-0.2, -0.15) is 0 Å². The molecular weight excluding hydrogens is 669 g/mol. The third-order valence-electron chi connectivity index (χ3n) is 12.5. The minimum absolute atomic E-state index is 0.0126. The second-order valence-corrected chi connectivity index (χ2v) is 15.2. The molecule has 8 aromatic rings. The molecule has 0 aromatic heterocycles. The summed E-state index contributed by atoms with van der Waals surface area (Å²) in [5, 5.41) is 10.3. The summed E-state index contributed by atoms with van der Waals surface area (Å²) in [6, 6.07) is 68.1. The van der Waals surface area contributed by atoms with E-state index in [0.29, 0.717) is 5.56 Å². The van der Waals surface area contributed by atoms with Gasteiger partial charge in [-0.25, -0.2) is 4.79 Å². The van der Waals surface area contributed by atoms with E-state index in [-0.39, 0.29) is 23.7 Å².